The first-order valence-electron chi connectivity index (χ1n) is 9.32. The summed E-state index contributed by atoms with van der Waals surface area (Å²) in [6.07, 6.45) is 6.24. The quantitative estimate of drug-likeness (QED) is 0.793. The van der Waals surface area contributed by atoms with Crippen molar-refractivity contribution >= 4 is 5.91 Å². The number of methoxy groups -OCH3 is 2. The molecule has 3 rings (SSSR count). The van der Waals surface area contributed by atoms with Crippen LogP contribution in [0.4, 0.5) is 0 Å². The second-order valence-electron chi connectivity index (χ2n) is 6.97. The number of rotatable bonds is 6. The van der Waals surface area contributed by atoms with Crippen LogP contribution in [0, 0.1) is 5.92 Å². The largest absolute Gasteiger partial charge is 0.493 e. The van der Waals surface area contributed by atoms with Gasteiger partial charge in [0.05, 0.1) is 26.7 Å². The second-order valence-corrected chi connectivity index (χ2v) is 6.97. The topological polar surface area (TPSA) is 48.0 Å². The number of carbonyl (C=O) groups is 1. The van der Waals surface area contributed by atoms with Gasteiger partial charge in [0.15, 0.2) is 11.5 Å². The molecule has 1 aromatic carbocycles. The lowest BCUT2D eigenvalue weighted by Gasteiger charge is -2.37. The van der Waals surface area contributed by atoms with Crippen molar-refractivity contribution in [1.29, 1.82) is 0 Å². The lowest BCUT2D eigenvalue weighted by Crippen LogP contribution is -2.46. The van der Waals surface area contributed by atoms with Crippen LogP contribution in [0.15, 0.2) is 18.2 Å². The van der Waals surface area contributed by atoms with E-state index in [0.29, 0.717) is 18.6 Å². The minimum atomic E-state index is 0.0710. The van der Waals surface area contributed by atoms with Crippen molar-refractivity contribution in [3.8, 4) is 11.5 Å². The summed E-state index contributed by atoms with van der Waals surface area (Å²) in [7, 11) is 3.31. The van der Waals surface area contributed by atoms with Gasteiger partial charge in [-0.1, -0.05) is 6.07 Å². The van der Waals surface area contributed by atoms with E-state index in [4.69, 9.17) is 14.2 Å². The summed E-state index contributed by atoms with van der Waals surface area (Å²) in [6.45, 7) is 2.21. The van der Waals surface area contributed by atoms with Crippen LogP contribution in [-0.2, 0) is 16.0 Å². The zero-order chi connectivity index (χ0) is 17.6. The van der Waals surface area contributed by atoms with E-state index in [1.54, 1.807) is 14.2 Å². The van der Waals surface area contributed by atoms with Crippen LogP contribution in [0.25, 0.3) is 0 Å². The Bertz CT molecular complexity index is 583. The summed E-state index contributed by atoms with van der Waals surface area (Å²) in [5.74, 6) is 1.89. The average Bonchev–Trinajstić information content (AvgIpc) is 3.20. The molecule has 0 bridgehead atoms. The van der Waals surface area contributed by atoms with Crippen LogP contribution in [0.3, 0.4) is 0 Å². The van der Waals surface area contributed by atoms with Crippen LogP contribution in [-0.4, -0.2) is 50.8 Å². The molecule has 2 unspecified atom stereocenters. The molecule has 1 aromatic rings. The number of hydrogen-bond donors (Lipinski definition) is 0. The molecule has 2 aliphatic heterocycles. The number of ether oxygens (including phenoxy) is 3. The maximum Gasteiger partial charge on any atom is 0.228 e. The Balaban J connectivity index is 1.62. The molecule has 0 N–H and O–H groups in total. The molecule has 5 nitrogen and oxygen atoms in total. The van der Waals surface area contributed by atoms with Crippen LogP contribution >= 0.6 is 0 Å². The molecule has 2 atom stereocenters. The Kier molecular flexibility index (Phi) is 6.19. The highest BCUT2D eigenvalue weighted by Gasteiger charge is 2.33. The first-order chi connectivity index (χ1) is 12.2. The van der Waals surface area contributed by atoms with Crippen molar-refractivity contribution in [3.05, 3.63) is 23.8 Å². The number of hydrogen-bond acceptors (Lipinski definition) is 4. The highest BCUT2D eigenvalue weighted by Crippen LogP contribution is 2.30. The minimum Gasteiger partial charge on any atom is -0.493 e. The van der Waals surface area contributed by atoms with Gasteiger partial charge in [0, 0.05) is 19.2 Å². The van der Waals surface area contributed by atoms with Gasteiger partial charge >= 0.3 is 0 Å². The smallest absolute Gasteiger partial charge is 0.228 e. The van der Waals surface area contributed by atoms with E-state index < -0.39 is 0 Å². The van der Waals surface area contributed by atoms with E-state index in [-0.39, 0.29) is 5.92 Å². The Morgan fingerprint density at radius 2 is 2.04 bits per heavy atom. The molecule has 2 fully saturated rings. The maximum atomic E-state index is 12.8. The van der Waals surface area contributed by atoms with Crippen molar-refractivity contribution < 1.29 is 19.0 Å². The van der Waals surface area contributed by atoms with Gasteiger partial charge in [-0.3, -0.25) is 4.79 Å². The Hall–Kier alpha value is -1.75. The van der Waals surface area contributed by atoms with E-state index in [9.17, 15) is 4.79 Å². The van der Waals surface area contributed by atoms with Crippen molar-refractivity contribution in [2.45, 2.75) is 44.6 Å². The van der Waals surface area contributed by atoms with Gasteiger partial charge in [-0.25, -0.2) is 0 Å². The summed E-state index contributed by atoms with van der Waals surface area (Å²) in [5.41, 5.74) is 1.22. The highest BCUT2D eigenvalue weighted by atomic mass is 16.5. The van der Waals surface area contributed by atoms with E-state index in [1.165, 1.54) is 12.0 Å². The SMILES string of the molecule is COc1ccc(CCC2CCCCN2C(=O)C2CCOC2)cc1OC. The fourth-order valence-electron chi connectivity index (χ4n) is 3.92. The summed E-state index contributed by atoms with van der Waals surface area (Å²) in [6, 6.07) is 6.42. The number of benzene rings is 1. The lowest BCUT2D eigenvalue weighted by molar-refractivity contribution is -0.139. The molecular weight excluding hydrogens is 318 g/mol. The van der Waals surface area contributed by atoms with Crippen LogP contribution < -0.4 is 9.47 Å². The zero-order valence-electron chi connectivity index (χ0n) is 15.3. The normalized spacial score (nSPS) is 23.5. The summed E-state index contributed by atoms with van der Waals surface area (Å²) in [5, 5.41) is 0. The zero-order valence-corrected chi connectivity index (χ0v) is 15.3. The second kappa shape index (κ2) is 8.56. The Labute approximate surface area is 150 Å². The first kappa shape index (κ1) is 18.1. The monoisotopic (exact) mass is 347 g/mol. The van der Waals surface area contributed by atoms with Gasteiger partial charge in [-0.2, -0.15) is 0 Å². The van der Waals surface area contributed by atoms with Crippen molar-refractivity contribution in [3.63, 3.8) is 0 Å². The predicted molar refractivity (Wildman–Crippen MR) is 96.1 cm³/mol. The van der Waals surface area contributed by atoms with E-state index >= 15 is 0 Å². The van der Waals surface area contributed by atoms with Gasteiger partial charge in [-0.15, -0.1) is 0 Å². The van der Waals surface area contributed by atoms with Gasteiger partial charge < -0.3 is 19.1 Å². The molecule has 2 saturated heterocycles. The molecule has 2 aliphatic rings. The third-order valence-corrected chi connectivity index (χ3v) is 5.40. The molecule has 0 aliphatic carbocycles. The number of amides is 1. The van der Waals surface area contributed by atoms with Crippen molar-refractivity contribution in [2.75, 3.05) is 34.0 Å². The molecule has 0 radical (unpaired) electrons. The molecule has 0 spiro atoms. The minimum absolute atomic E-state index is 0.0710. The number of likely N-dealkylation sites (tertiary alicyclic amines) is 1. The summed E-state index contributed by atoms with van der Waals surface area (Å²) < 4.78 is 16.1. The average molecular weight is 347 g/mol. The van der Waals surface area contributed by atoms with Gasteiger partial charge in [-0.05, 0) is 56.2 Å². The lowest BCUT2D eigenvalue weighted by atomic mass is 9.94. The van der Waals surface area contributed by atoms with Gasteiger partial charge in [0.25, 0.3) is 0 Å². The standard InChI is InChI=1S/C20H29NO4/c1-23-18-9-7-15(13-19(18)24-2)6-8-17-5-3-4-11-21(17)20(22)16-10-12-25-14-16/h7,9,13,16-17H,3-6,8,10-12,14H2,1-2H3. The van der Waals surface area contributed by atoms with Crippen molar-refractivity contribution in [1.82, 2.24) is 4.90 Å². The summed E-state index contributed by atoms with van der Waals surface area (Å²) in [4.78, 5) is 14.9. The summed E-state index contributed by atoms with van der Waals surface area (Å²) >= 11 is 0. The maximum absolute atomic E-state index is 12.8. The third kappa shape index (κ3) is 4.27. The predicted octanol–water partition coefficient (Wildman–Crippen LogP) is 3.05. The highest BCUT2D eigenvalue weighted by molar-refractivity contribution is 5.79. The third-order valence-electron chi connectivity index (χ3n) is 5.40. The van der Waals surface area contributed by atoms with E-state index in [2.05, 4.69) is 11.0 Å². The van der Waals surface area contributed by atoms with Crippen LogP contribution in [0.5, 0.6) is 11.5 Å². The Morgan fingerprint density at radius 1 is 1.20 bits per heavy atom. The van der Waals surface area contributed by atoms with Gasteiger partial charge in [0.1, 0.15) is 0 Å². The molecule has 138 valence electrons. The fourth-order valence-corrected chi connectivity index (χ4v) is 3.92. The molecule has 1 amide bonds. The first-order valence-corrected chi connectivity index (χ1v) is 9.32. The van der Waals surface area contributed by atoms with Crippen molar-refractivity contribution in [2.24, 2.45) is 5.92 Å². The van der Waals surface area contributed by atoms with Gasteiger partial charge in [0.2, 0.25) is 5.91 Å². The molecule has 2 heterocycles. The molecule has 0 aromatic heterocycles. The van der Waals surface area contributed by atoms with Crippen LogP contribution in [0.1, 0.15) is 37.7 Å². The number of nitrogens with zero attached hydrogens (tertiary/aromatic N) is 1. The van der Waals surface area contributed by atoms with Crippen LogP contribution in [0.2, 0.25) is 0 Å². The molecule has 0 saturated carbocycles. The molecule has 5 heteroatoms. The number of piperidine rings is 1. The van der Waals surface area contributed by atoms with E-state index in [1.807, 2.05) is 12.1 Å². The van der Waals surface area contributed by atoms with E-state index in [0.717, 1.165) is 56.8 Å². The fraction of sp³-hybridized carbons (Fsp3) is 0.650. The molecule has 25 heavy (non-hydrogen) atoms. The number of carbonyl (C=O) groups excluding carboxylic acids is 1. The molecular formula is C20H29NO4. The number of aryl methyl sites for hydroxylation is 1. The Morgan fingerprint density at radius 3 is 2.76 bits per heavy atom.